The largest absolute Gasteiger partial charge is 1.00 e. The standard InChI is InChI=1S/C6H7NO3S.Li/c7-5-3-1-2-4-6(5)11(8,9)10;/h1-4H,7H2,(H,8,9,10);/q;+1/p-1. The molecule has 0 radical (unpaired) electrons. The molecule has 6 heteroatoms. The Hall–Kier alpha value is -0.473. The van der Waals surface area contributed by atoms with E-state index in [1.165, 1.54) is 18.2 Å². The van der Waals surface area contributed by atoms with Crippen molar-refractivity contribution in [3.05, 3.63) is 24.3 Å². The number of anilines is 1. The first-order chi connectivity index (χ1) is 5.02. The molecule has 0 aliphatic carbocycles. The Bertz CT molecular complexity index is 363. The van der Waals surface area contributed by atoms with Crippen LogP contribution in [0.4, 0.5) is 5.69 Å². The summed E-state index contributed by atoms with van der Waals surface area (Å²) in [7, 11) is -4.41. The number of nitrogens with two attached hydrogens (primary N) is 1. The fraction of sp³-hybridized carbons (Fsp3) is 0. The Morgan fingerprint density at radius 1 is 1.25 bits per heavy atom. The van der Waals surface area contributed by atoms with Gasteiger partial charge in [-0.3, -0.25) is 0 Å². The van der Waals surface area contributed by atoms with E-state index in [2.05, 4.69) is 0 Å². The van der Waals surface area contributed by atoms with Crippen molar-refractivity contribution in [1.82, 2.24) is 0 Å². The van der Waals surface area contributed by atoms with Gasteiger partial charge >= 0.3 is 18.9 Å². The number of hydrogen-bond donors (Lipinski definition) is 1. The molecule has 0 spiro atoms. The van der Waals surface area contributed by atoms with Gasteiger partial charge in [0.25, 0.3) is 0 Å². The molecule has 0 heterocycles. The molecule has 1 aromatic rings. The molecule has 60 valence electrons. The van der Waals surface area contributed by atoms with Crippen LogP contribution in [0.5, 0.6) is 0 Å². The molecular formula is C6H6LiNO3S. The summed E-state index contributed by atoms with van der Waals surface area (Å²) < 4.78 is 31.3. The number of para-hydroxylation sites is 1. The second-order valence-electron chi connectivity index (χ2n) is 1.99. The molecule has 0 aromatic heterocycles. The van der Waals surface area contributed by atoms with E-state index in [4.69, 9.17) is 5.73 Å². The summed E-state index contributed by atoms with van der Waals surface area (Å²) >= 11 is 0. The first-order valence-corrected chi connectivity index (χ1v) is 4.23. The summed E-state index contributed by atoms with van der Waals surface area (Å²) in [4.78, 5) is -0.361. The topological polar surface area (TPSA) is 83.2 Å². The maximum atomic E-state index is 10.4. The minimum Gasteiger partial charge on any atom is -0.744 e. The van der Waals surface area contributed by atoms with Gasteiger partial charge in [0, 0.05) is 5.69 Å². The van der Waals surface area contributed by atoms with Crippen LogP contribution in [0, 0.1) is 0 Å². The van der Waals surface area contributed by atoms with Crippen molar-refractivity contribution in [3.8, 4) is 0 Å². The minimum atomic E-state index is -4.41. The van der Waals surface area contributed by atoms with E-state index in [0.29, 0.717) is 0 Å². The van der Waals surface area contributed by atoms with E-state index < -0.39 is 10.1 Å². The van der Waals surface area contributed by atoms with Crippen LogP contribution in [0.1, 0.15) is 0 Å². The molecule has 0 atom stereocenters. The number of nitrogen functional groups attached to an aromatic ring is 1. The summed E-state index contributed by atoms with van der Waals surface area (Å²) in [5.74, 6) is 0. The molecule has 0 aliphatic heterocycles. The predicted octanol–water partition coefficient (Wildman–Crippen LogP) is -2.82. The van der Waals surface area contributed by atoms with E-state index in [0.717, 1.165) is 0 Å². The average molecular weight is 179 g/mol. The van der Waals surface area contributed by atoms with Crippen LogP contribution in [0.15, 0.2) is 29.2 Å². The second kappa shape index (κ2) is 3.96. The van der Waals surface area contributed by atoms with E-state index in [-0.39, 0.29) is 29.4 Å². The average Bonchev–Trinajstić information content (AvgIpc) is 1.86. The van der Waals surface area contributed by atoms with Crippen LogP contribution in [0.3, 0.4) is 0 Å². The fourth-order valence-corrected chi connectivity index (χ4v) is 1.31. The maximum absolute atomic E-state index is 10.4. The molecule has 2 N–H and O–H groups in total. The molecule has 0 unspecified atom stereocenters. The molecule has 0 saturated carbocycles. The Balaban J connectivity index is 0.00000121. The summed E-state index contributed by atoms with van der Waals surface area (Å²) in [6.45, 7) is 0. The first kappa shape index (κ1) is 11.5. The van der Waals surface area contributed by atoms with E-state index in [1.54, 1.807) is 6.07 Å². The zero-order valence-electron chi connectivity index (χ0n) is 6.52. The SMILES string of the molecule is Nc1ccccc1S(=O)(=O)[O-].[Li+]. The van der Waals surface area contributed by atoms with Crippen LogP contribution in [0.2, 0.25) is 0 Å². The third-order valence-corrected chi connectivity index (χ3v) is 2.10. The molecular weight excluding hydrogens is 173 g/mol. The number of benzene rings is 1. The molecule has 0 fully saturated rings. The smallest absolute Gasteiger partial charge is 0.744 e. The molecule has 0 amide bonds. The molecule has 1 aromatic carbocycles. The van der Waals surface area contributed by atoms with Crippen LogP contribution < -0.4 is 24.6 Å². The molecule has 4 nitrogen and oxygen atoms in total. The number of rotatable bonds is 1. The van der Waals surface area contributed by atoms with Gasteiger partial charge in [-0.2, -0.15) is 0 Å². The normalized spacial score (nSPS) is 10.4. The first-order valence-electron chi connectivity index (χ1n) is 2.82. The summed E-state index contributed by atoms with van der Waals surface area (Å²) in [5.41, 5.74) is 5.22. The van der Waals surface area contributed by atoms with E-state index >= 15 is 0 Å². The van der Waals surface area contributed by atoms with Crippen molar-refractivity contribution in [2.24, 2.45) is 0 Å². The van der Waals surface area contributed by atoms with E-state index in [9.17, 15) is 13.0 Å². The van der Waals surface area contributed by atoms with Gasteiger partial charge < -0.3 is 10.3 Å². The van der Waals surface area contributed by atoms with Crippen molar-refractivity contribution in [2.45, 2.75) is 4.90 Å². The van der Waals surface area contributed by atoms with Crippen molar-refractivity contribution < 1.29 is 31.8 Å². The maximum Gasteiger partial charge on any atom is 1.00 e. The van der Waals surface area contributed by atoms with Gasteiger partial charge in [-0.25, -0.2) is 8.42 Å². The fourth-order valence-electron chi connectivity index (χ4n) is 0.708. The zero-order chi connectivity index (χ0) is 8.48. The Morgan fingerprint density at radius 3 is 2.08 bits per heavy atom. The van der Waals surface area contributed by atoms with Gasteiger partial charge in [0.15, 0.2) is 0 Å². The van der Waals surface area contributed by atoms with Crippen molar-refractivity contribution in [3.63, 3.8) is 0 Å². The van der Waals surface area contributed by atoms with Crippen molar-refractivity contribution in [2.75, 3.05) is 5.73 Å². The van der Waals surface area contributed by atoms with Crippen molar-refractivity contribution >= 4 is 15.8 Å². The third kappa shape index (κ3) is 2.54. The zero-order valence-corrected chi connectivity index (χ0v) is 7.34. The predicted molar refractivity (Wildman–Crippen MR) is 38.8 cm³/mol. The van der Waals surface area contributed by atoms with Crippen LogP contribution in [0.25, 0.3) is 0 Å². The van der Waals surface area contributed by atoms with Gasteiger partial charge in [0.1, 0.15) is 10.1 Å². The van der Waals surface area contributed by atoms with Gasteiger partial charge in [-0.1, -0.05) is 12.1 Å². The number of hydrogen-bond acceptors (Lipinski definition) is 4. The Morgan fingerprint density at radius 2 is 1.75 bits per heavy atom. The monoisotopic (exact) mass is 179 g/mol. The third-order valence-electron chi connectivity index (χ3n) is 1.19. The van der Waals surface area contributed by atoms with E-state index in [1.807, 2.05) is 0 Å². The van der Waals surface area contributed by atoms with Gasteiger partial charge in [0.05, 0.1) is 4.90 Å². The quantitative estimate of drug-likeness (QED) is 0.286. The molecule has 0 bridgehead atoms. The van der Waals surface area contributed by atoms with Crippen LogP contribution in [-0.4, -0.2) is 13.0 Å². The molecule has 0 saturated heterocycles. The van der Waals surface area contributed by atoms with Gasteiger partial charge in [-0.15, -0.1) is 0 Å². The Kier molecular flexibility index (Phi) is 3.81. The molecule has 0 aliphatic rings. The molecule has 12 heavy (non-hydrogen) atoms. The summed E-state index contributed by atoms with van der Waals surface area (Å²) in [6.07, 6.45) is 0. The van der Waals surface area contributed by atoms with Gasteiger partial charge in [-0.05, 0) is 12.1 Å². The summed E-state index contributed by atoms with van der Waals surface area (Å²) in [6, 6.07) is 5.55. The summed E-state index contributed by atoms with van der Waals surface area (Å²) in [5, 5.41) is 0. The Labute approximate surface area is 82.7 Å². The second-order valence-corrected chi connectivity index (χ2v) is 3.34. The minimum absolute atomic E-state index is 0. The van der Waals surface area contributed by atoms with Crippen LogP contribution in [-0.2, 0) is 10.1 Å². The van der Waals surface area contributed by atoms with Crippen molar-refractivity contribution in [1.29, 1.82) is 0 Å². The molecule has 1 rings (SSSR count). The van der Waals surface area contributed by atoms with Gasteiger partial charge in [0.2, 0.25) is 0 Å². The van der Waals surface area contributed by atoms with Crippen LogP contribution >= 0.6 is 0 Å².